The van der Waals surface area contributed by atoms with E-state index in [2.05, 4.69) is 21.5 Å². The van der Waals surface area contributed by atoms with Crippen LogP contribution in [-0.2, 0) is 6.54 Å². The third kappa shape index (κ3) is 2.67. The largest absolute Gasteiger partial charge is 0.352 e. The number of nitrogens with one attached hydrogen (secondary N) is 1. The summed E-state index contributed by atoms with van der Waals surface area (Å²) in [4.78, 5) is 17.9. The minimum Gasteiger partial charge on any atom is -0.352 e. The first-order chi connectivity index (χ1) is 10.2. The SMILES string of the molecule is CCNC(=O)c1cc(C)nc2c1cnn2Cc1cccs1. The van der Waals surface area contributed by atoms with E-state index >= 15 is 0 Å². The molecule has 3 aromatic heterocycles. The van der Waals surface area contributed by atoms with Crippen LogP contribution in [0.25, 0.3) is 11.0 Å². The molecule has 3 rings (SSSR count). The normalized spacial score (nSPS) is 11.0. The maximum atomic E-state index is 12.2. The Balaban J connectivity index is 2.07. The van der Waals surface area contributed by atoms with E-state index in [-0.39, 0.29) is 5.91 Å². The van der Waals surface area contributed by atoms with Crippen LogP contribution in [0.3, 0.4) is 0 Å². The zero-order chi connectivity index (χ0) is 14.8. The summed E-state index contributed by atoms with van der Waals surface area (Å²) in [6.45, 7) is 5.07. The van der Waals surface area contributed by atoms with Gasteiger partial charge in [0.1, 0.15) is 0 Å². The Hall–Kier alpha value is -2.21. The summed E-state index contributed by atoms with van der Waals surface area (Å²) >= 11 is 1.68. The van der Waals surface area contributed by atoms with Crippen molar-refractivity contribution in [2.45, 2.75) is 20.4 Å². The lowest BCUT2D eigenvalue weighted by atomic mass is 10.1. The number of carbonyl (C=O) groups is 1. The first-order valence-electron chi connectivity index (χ1n) is 6.82. The Morgan fingerprint density at radius 3 is 3.05 bits per heavy atom. The van der Waals surface area contributed by atoms with E-state index in [4.69, 9.17) is 0 Å². The molecule has 21 heavy (non-hydrogen) atoms. The summed E-state index contributed by atoms with van der Waals surface area (Å²) in [7, 11) is 0. The maximum absolute atomic E-state index is 12.2. The van der Waals surface area contributed by atoms with Gasteiger partial charge in [0, 0.05) is 17.1 Å². The number of rotatable bonds is 4. The van der Waals surface area contributed by atoms with E-state index in [9.17, 15) is 4.79 Å². The number of thiophene rings is 1. The molecule has 5 nitrogen and oxygen atoms in total. The number of hydrogen-bond acceptors (Lipinski definition) is 4. The molecule has 0 bridgehead atoms. The van der Waals surface area contributed by atoms with Crippen LogP contribution in [0.2, 0.25) is 0 Å². The van der Waals surface area contributed by atoms with Gasteiger partial charge in [0.2, 0.25) is 0 Å². The highest BCUT2D eigenvalue weighted by Crippen LogP contribution is 2.20. The Bertz CT molecular complexity index is 776. The Morgan fingerprint density at radius 1 is 1.48 bits per heavy atom. The van der Waals surface area contributed by atoms with Gasteiger partial charge in [0.15, 0.2) is 5.65 Å². The molecule has 3 aromatic rings. The molecule has 3 heterocycles. The van der Waals surface area contributed by atoms with Gasteiger partial charge in [-0.25, -0.2) is 9.67 Å². The summed E-state index contributed by atoms with van der Waals surface area (Å²) in [6, 6.07) is 5.90. The zero-order valence-electron chi connectivity index (χ0n) is 12.0. The Kier molecular flexibility index (Phi) is 3.70. The molecule has 0 atom stereocenters. The molecule has 0 spiro atoms. The minimum absolute atomic E-state index is 0.0799. The fraction of sp³-hybridized carbons (Fsp3) is 0.267. The van der Waals surface area contributed by atoms with Gasteiger partial charge in [-0.05, 0) is 31.4 Å². The van der Waals surface area contributed by atoms with Crippen LogP contribution in [-0.4, -0.2) is 27.2 Å². The first-order valence-corrected chi connectivity index (χ1v) is 7.70. The quantitative estimate of drug-likeness (QED) is 0.805. The van der Waals surface area contributed by atoms with Gasteiger partial charge in [-0.2, -0.15) is 5.10 Å². The van der Waals surface area contributed by atoms with Crippen LogP contribution in [0.4, 0.5) is 0 Å². The van der Waals surface area contributed by atoms with Gasteiger partial charge in [0.25, 0.3) is 5.91 Å². The van der Waals surface area contributed by atoms with Crippen LogP contribution in [0.1, 0.15) is 27.9 Å². The minimum atomic E-state index is -0.0799. The number of pyridine rings is 1. The standard InChI is InChI=1S/C15H16N4OS/c1-3-16-15(20)12-7-10(2)18-14-13(12)8-17-19(14)9-11-5-4-6-21-11/h4-8H,3,9H2,1-2H3,(H,16,20). The second kappa shape index (κ2) is 5.65. The van der Waals surface area contributed by atoms with Crippen molar-refractivity contribution < 1.29 is 4.79 Å². The Labute approximate surface area is 126 Å². The summed E-state index contributed by atoms with van der Waals surface area (Å²) in [5.41, 5.74) is 2.21. The molecule has 1 amide bonds. The third-order valence-electron chi connectivity index (χ3n) is 3.20. The maximum Gasteiger partial charge on any atom is 0.252 e. The van der Waals surface area contributed by atoms with Gasteiger partial charge in [0.05, 0.1) is 23.7 Å². The molecule has 0 aromatic carbocycles. The van der Waals surface area contributed by atoms with E-state index < -0.39 is 0 Å². The molecule has 6 heteroatoms. The van der Waals surface area contributed by atoms with Crippen molar-refractivity contribution in [3.63, 3.8) is 0 Å². The molecule has 0 radical (unpaired) electrons. The lowest BCUT2D eigenvalue weighted by Crippen LogP contribution is -2.23. The number of fused-ring (bicyclic) bond motifs is 1. The number of aromatic nitrogens is 3. The molecule has 108 valence electrons. The van der Waals surface area contributed by atoms with Crippen LogP contribution in [0.15, 0.2) is 29.8 Å². The van der Waals surface area contributed by atoms with Gasteiger partial charge < -0.3 is 5.32 Å². The fourth-order valence-electron chi connectivity index (χ4n) is 2.28. The molecule has 0 aliphatic carbocycles. The summed E-state index contributed by atoms with van der Waals surface area (Å²) < 4.78 is 1.84. The van der Waals surface area contributed by atoms with E-state index in [1.54, 1.807) is 17.5 Å². The highest BCUT2D eigenvalue weighted by molar-refractivity contribution is 7.09. The lowest BCUT2D eigenvalue weighted by Gasteiger charge is -2.06. The zero-order valence-corrected chi connectivity index (χ0v) is 12.8. The third-order valence-corrected chi connectivity index (χ3v) is 4.07. The molecular formula is C15H16N4OS. The van der Waals surface area contributed by atoms with Gasteiger partial charge in [-0.1, -0.05) is 6.07 Å². The van der Waals surface area contributed by atoms with Crippen LogP contribution in [0, 0.1) is 6.92 Å². The second-order valence-electron chi connectivity index (χ2n) is 4.79. The molecule has 0 saturated carbocycles. The molecule has 0 fully saturated rings. The number of aryl methyl sites for hydroxylation is 1. The highest BCUT2D eigenvalue weighted by Gasteiger charge is 2.15. The lowest BCUT2D eigenvalue weighted by molar-refractivity contribution is 0.0957. The van der Waals surface area contributed by atoms with Gasteiger partial charge in [-0.15, -0.1) is 11.3 Å². The molecule has 0 unspecified atom stereocenters. The highest BCUT2D eigenvalue weighted by atomic mass is 32.1. The molecule has 0 saturated heterocycles. The Morgan fingerprint density at radius 2 is 2.33 bits per heavy atom. The number of carbonyl (C=O) groups excluding carboxylic acids is 1. The van der Waals surface area contributed by atoms with Crippen molar-refractivity contribution in [3.8, 4) is 0 Å². The molecular weight excluding hydrogens is 284 g/mol. The number of amides is 1. The fourth-order valence-corrected chi connectivity index (χ4v) is 2.97. The molecule has 0 aliphatic rings. The van der Waals surface area contributed by atoms with Crippen LogP contribution >= 0.6 is 11.3 Å². The van der Waals surface area contributed by atoms with Crippen molar-refractivity contribution in [2.75, 3.05) is 6.54 Å². The summed E-state index contributed by atoms with van der Waals surface area (Å²) in [5.74, 6) is -0.0799. The van der Waals surface area contributed by atoms with E-state index in [0.29, 0.717) is 18.7 Å². The van der Waals surface area contributed by atoms with Crippen molar-refractivity contribution >= 4 is 28.3 Å². The predicted molar refractivity (Wildman–Crippen MR) is 83.7 cm³/mol. The van der Waals surface area contributed by atoms with E-state index in [1.807, 2.05) is 36.0 Å². The van der Waals surface area contributed by atoms with Crippen LogP contribution in [0.5, 0.6) is 0 Å². The molecule has 0 aliphatic heterocycles. The van der Waals surface area contributed by atoms with Gasteiger partial charge in [-0.3, -0.25) is 4.79 Å². The van der Waals surface area contributed by atoms with Crippen molar-refractivity contribution in [3.05, 3.63) is 45.9 Å². The second-order valence-corrected chi connectivity index (χ2v) is 5.82. The van der Waals surface area contributed by atoms with E-state index in [1.165, 1.54) is 4.88 Å². The van der Waals surface area contributed by atoms with Gasteiger partial charge >= 0.3 is 0 Å². The van der Waals surface area contributed by atoms with Crippen molar-refractivity contribution in [2.24, 2.45) is 0 Å². The number of hydrogen-bond donors (Lipinski definition) is 1. The monoisotopic (exact) mass is 300 g/mol. The number of nitrogens with zero attached hydrogens (tertiary/aromatic N) is 3. The summed E-state index contributed by atoms with van der Waals surface area (Å²) in [6.07, 6.45) is 1.72. The van der Waals surface area contributed by atoms with Crippen molar-refractivity contribution in [1.82, 2.24) is 20.1 Å². The van der Waals surface area contributed by atoms with Crippen molar-refractivity contribution in [1.29, 1.82) is 0 Å². The van der Waals surface area contributed by atoms with E-state index in [0.717, 1.165) is 16.7 Å². The molecule has 1 N–H and O–H groups in total. The average Bonchev–Trinajstić information content (AvgIpc) is 3.09. The smallest absolute Gasteiger partial charge is 0.252 e. The summed E-state index contributed by atoms with van der Waals surface area (Å²) in [5, 5.41) is 10.1. The topological polar surface area (TPSA) is 59.8 Å². The first kappa shape index (κ1) is 13.8. The average molecular weight is 300 g/mol. The van der Waals surface area contributed by atoms with Crippen LogP contribution < -0.4 is 5.32 Å². The predicted octanol–water partition coefficient (Wildman–Crippen LogP) is 2.60.